The van der Waals surface area contributed by atoms with Crippen molar-refractivity contribution in [2.45, 2.75) is 38.6 Å². The van der Waals surface area contributed by atoms with Crippen LogP contribution in [-0.4, -0.2) is 24.0 Å². The molecule has 0 radical (unpaired) electrons. The highest BCUT2D eigenvalue weighted by atomic mass is 15.2. The van der Waals surface area contributed by atoms with Crippen LogP contribution in [0.1, 0.15) is 32.6 Å². The van der Waals surface area contributed by atoms with Crippen molar-refractivity contribution in [3.63, 3.8) is 0 Å². The molecule has 0 unspecified atom stereocenters. The summed E-state index contributed by atoms with van der Waals surface area (Å²) in [4.78, 5) is 2.65. The minimum atomic E-state index is 0.699. The molecule has 0 N–H and O–H groups in total. The summed E-state index contributed by atoms with van der Waals surface area (Å²) in [6, 6.07) is 0.959. The van der Waals surface area contributed by atoms with Crippen LogP contribution in [0.5, 0.6) is 0 Å². The molecule has 1 saturated carbocycles. The summed E-state index contributed by atoms with van der Waals surface area (Å²) < 4.78 is 0. The van der Waals surface area contributed by atoms with Crippen LogP contribution >= 0.6 is 0 Å². The van der Waals surface area contributed by atoms with E-state index in [2.05, 4.69) is 16.7 Å². The molecule has 2 rings (SSSR count). The van der Waals surface area contributed by atoms with Gasteiger partial charge >= 0.3 is 0 Å². The summed E-state index contributed by atoms with van der Waals surface area (Å²) in [5.74, 6) is 7.02. The minimum absolute atomic E-state index is 0.699. The third-order valence-corrected chi connectivity index (χ3v) is 2.94. The van der Waals surface area contributed by atoms with Gasteiger partial charge in [0.05, 0.1) is 0 Å². The number of likely N-dealkylation sites (tertiary alicyclic amines) is 1. The van der Waals surface area contributed by atoms with E-state index in [-0.39, 0.29) is 0 Å². The van der Waals surface area contributed by atoms with E-state index < -0.39 is 0 Å². The van der Waals surface area contributed by atoms with Gasteiger partial charge in [0.2, 0.25) is 0 Å². The van der Waals surface area contributed by atoms with Crippen LogP contribution in [-0.2, 0) is 0 Å². The molecule has 1 aliphatic heterocycles. The van der Waals surface area contributed by atoms with Crippen molar-refractivity contribution in [3.05, 3.63) is 0 Å². The van der Waals surface area contributed by atoms with Crippen LogP contribution < -0.4 is 0 Å². The Labute approximate surface area is 75.1 Å². The minimum Gasteiger partial charge on any atom is -0.300 e. The molecule has 0 aromatic carbocycles. The standard InChI is InChI=1S/C11H17N/c1-2-3-10-6-8-12(9-7-10)11-4-5-11/h10-11H,4-9H2,1H3. The van der Waals surface area contributed by atoms with E-state index in [0.717, 1.165) is 6.04 Å². The first kappa shape index (κ1) is 8.13. The van der Waals surface area contributed by atoms with Gasteiger partial charge < -0.3 is 4.90 Å². The molecular weight excluding hydrogens is 146 g/mol. The molecule has 1 heteroatoms. The Kier molecular flexibility index (Phi) is 2.37. The predicted octanol–water partition coefficient (Wildman–Crippen LogP) is 1.88. The Morgan fingerprint density at radius 2 is 1.75 bits per heavy atom. The Hall–Kier alpha value is -0.480. The van der Waals surface area contributed by atoms with Gasteiger partial charge in [0.1, 0.15) is 0 Å². The van der Waals surface area contributed by atoms with Crippen molar-refractivity contribution in [1.29, 1.82) is 0 Å². The lowest BCUT2D eigenvalue weighted by atomic mass is 9.97. The fourth-order valence-electron chi connectivity index (χ4n) is 2.05. The summed E-state index contributed by atoms with van der Waals surface area (Å²) in [7, 11) is 0. The van der Waals surface area contributed by atoms with Crippen LogP contribution in [0.25, 0.3) is 0 Å². The molecule has 0 bridgehead atoms. The van der Waals surface area contributed by atoms with Gasteiger partial charge in [-0.1, -0.05) is 0 Å². The Bertz CT molecular complexity index is 199. The monoisotopic (exact) mass is 163 g/mol. The van der Waals surface area contributed by atoms with E-state index in [1.54, 1.807) is 0 Å². The zero-order valence-electron chi connectivity index (χ0n) is 7.84. The molecule has 2 fully saturated rings. The van der Waals surface area contributed by atoms with E-state index in [4.69, 9.17) is 0 Å². The molecular formula is C11H17N. The van der Waals surface area contributed by atoms with Gasteiger partial charge in [-0.2, -0.15) is 0 Å². The second-order valence-corrected chi connectivity index (χ2v) is 3.94. The van der Waals surface area contributed by atoms with Crippen molar-refractivity contribution in [1.82, 2.24) is 4.90 Å². The van der Waals surface area contributed by atoms with Crippen molar-refractivity contribution < 1.29 is 0 Å². The Balaban J connectivity index is 1.78. The highest BCUT2D eigenvalue weighted by Gasteiger charge is 2.31. The first-order valence-electron chi connectivity index (χ1n) is 5.06. The molecule has 0 atom stereocenters. The summed E-state index contributed by atoms with van der Waals surface area (Å²) >= 11 is 0. The van der Waals surface area contributed by atoms with Crippen molar-refractivity contribution in [2.24, 2.45) is 5.92 Å². The molecule has 1 heterocycles. The van der Waals surface area contributed by atoms with Crippen LogP contribution in [0.15, 0.2) is 0 Å². The second kappa shape index (κ2) is 3.49. The molecule has 0 aromatic heterocycles. The fourth-order valence-corrected chi connectivity index (χ4v) is 2.05. The molecule has 1 aliphatic carbocycles. The van der Waals surface area contributed by atoms with Gasteiger partial charge in [0.25, 0.3) is 0 Å². The van der Waals surface area contributed by atoms with Gasteiger partial charge in [-0.05, 0) is 45.7 Å². The average Bonchev–Trinajstić information content (AvgIpc) is 2.89. The highest BCUT2D eigenvalue weighted by Crippen LogP contribution is 2.30. The zero-order valence-corrected chi connectivity index (χ0v) is 7.84. The lowest BCUT2D eigenvalue weighted by Crippen LogP contribution is -2.34. The summed E-state index contributed by atoms with van der Waals surface area (Å²) in [6.45, 7) is 4.54. The Morgan fingerprint density at radius 1 is 1.08 bits per heavy atom. The molecule has 1 nitrogen and oxygen atoms in total. The fraction of sp³-hybridized carbons (Fsp3) is 0.818. The number of rotatable bonds is 1. The van der Waals surface area contributed by atoms with Gasteiger partial charge in [0, 0.05) is 12.0 Å². The molecule has 1 saturated heterocycles. The molecule has 2 aliphatic rings. The normalized spacial score (nSPS) is 26.4. The van der Waals surface area contributed by atoms with Gasteiger partial charge in [-0.25, -0.2) is 0 Å². The first-order chi connectivity index (χ1) is 5.90. The molecule has 0 aromatic rings. The van der Waals surface area contributed by atoms with E-state index in [9.17, 15) is 0 Å². The molecule has 66 valence electrons. The predicted molar refractivity (Wildman–Crippen MR) is 50.8 cm³/mol. The van der Waals surface area contributed by atoms with Gasteiger partial charge in [-0.15, -0.1) is 11.8 Å². The van der Waals surface area contributed by atoms with Crippen LogP contribution in [0.4, 0.5) is 0 Å². The summed E-state index contributed by atoms with van der Waals surface area (Å²) in [5, 5.41) is 0. The SMILES string of the molecule is CC#CC1CCN(C2CC2)CC1. The third kappa shape index (κ3) is 1.81. The second-order valence-electron chi connectivity index (χ2n) is 3.94. The van der Waals surface area contributed by atoms with Gasteiger partial charge in [0.15, 0.2) is 0 Å². The topological polar surface area (TPSA) is 3.24 Å². The average molecular weight is 163 g/mol. The number of hydrogen-bond acceptors (Lipinski definition) is 1. The number of piperidine rings is 1. The van der Waals surface area contributed by atoms with E-state index >= 15 is 0 Å². The Morgan fingerprint density at radius 3 is 2.25 bits per heavy atom. The lowest BCUT2D eigenvalue weighted by molar-refractivity contribution is 0.197. The first-order valence-corrected chi connectivity index (χ1v) is 5.06. The number of nitrogens with zero attached hydrogens (tertiary/aromatic N) is 1. The maximum atomic E-state index is 3.29. The third-order valence-electron chi connectivity index (χ3n) is 2.94. The maximum Gasteiger partial charge on any atom is 0.0227 e. The van der Waals surface area contributed by atoms with Crippen LogP contribution in [0.3, 0.4) is 0 Å². The zero-order chi connectivity index (χ0) is 8.39. The summed E-state index contributed by atoms with van der Waals surface area (Å²) in [6.07, 6.45) is 5.50. The molecule has 0 spiro atoms. The van der Waals surface area contributed by atoms with Crippen LogP contribution in [0, 0.1) is 17.8 Å². The lowest BCUT2D eigenvalue weighted by Gasteiger charge is -2.29. The van der Waals surface area contributed by atoms with Crippen LogP contribution in [0.2, 0.25) is 0 Å². The van der Waals surface area contributed by atoms with Gasteiger partial charge in [-0.3, -0.25) is 0 Å². The summed E-state index contributed by atoms with van der Waals surface area (Å²) in [5.41, 5.74) is 0. The van der Waals surface area contributed by atoms with Crippen molar-refractivity contribution >= 4 is 0 Å². The van der Waals surface area contributed by atoms with E-state index in [1.807, 2.05) is 6.92 Å². The molecule has 12 heavy (non-hydrogen) atoms. The van der Waals surface area contributed by atoms with Crippen molar-refractivity contribution in [3.8, 4) is 11.8 Å². The van der Waals surface area contributed by atoms with E-state index in [0.29, 0.717) is 5.92 Å². The van der Waals surface area contributed by atoms with E-state index in [1.165, 1.54) is 38.8 Å². The number of hydrogen-bond donors (Lipinski definition) is 0. The highest BCUT2D eigenvalue weighted by molar-refractivity contribution is 5.03. The largest absolute Gasteiger partial charge is 0.300 e. The maximum absolute atomic E-state index is 3.29. The quantitative estimate of drug-likeness (QED) is 0.533. The molecule has 0 amide bonds. The smallest absolute Gasteiger partial charge is 0.0227 e. The van der Waals surface area contributed by atoms with Crippen molar-refractivity contribution in [2.75, 3.05) is 13.1 Å².